The first-order valence-corrected chi connectivity index (χ1v) is 11.7. The van der Waals surface area contributed by atoms with Gasteiger partial charge in [-0.1, -0.05) is 82.2 Å². The summed E-state index contributed by atoms with van der Waals surface area (Å²) in [6, 6.07) is 10.3. The smallest absolute Gasteiger partial charge is 0.303 e. The lowest BCUT2D eigenvalue weighted by atomic mass is 10.0. The molecule has 0 saturated carbocycles. The second-order valence-corrected chi connectivity index (χ2v) is 8.20. The van der Waals surface area contributed by atoms with Crippen molar-refractivity contribution in [2.45, 2.75) is 116 Å². The predicted molar refractivity (Wildman–Crippen MR) is 119 cm³/mol. The molecule has 0 aromatic heterocycles. The SMILES string of the molecule is CCCC(CCCC(O)CCCCCCCCCC(=O)O)OCc1ccccc1. The van der Waals surface area contributed by atoms with Crippen molar-refractivity contribution in [3.05, 3.63) is 35.9 Å². The average molecular weight is 407 g/mol. The van der Waals surface area contributed by atoms with E-state index in [1.54, 1.807) is 0 Å². The first kappa shape index (κ1) is 25.6. The van der Waals surface area contributed by atoms with Crippen molar-refractivity contribution in [1.29, 1.82) is 0 Å². The largest absolute Gasteiger partial charge is 0.481 e. The lowest BCUT2D eigenvalue weighted by Gasteiger charge is -2.18. The van der Waals surface area contributed by atoms with Gasteiger partial charge in [-0.15, -0.1) is 0 Å². The van der Waals surface area contributed by atoms with Crippen molar-refractivity contribution in [2.24, 2.45) is 0 Å². The molecule has 0 aliphatic heterocycles. The number of ether oxygens (including phenoxy) is 1. The lowest BCUT2D eigenvalue weighted by Crippen LogP contribution is -2.14. The zero-order valence-corrected chi connectivity index (χ0v) is 18.4. The fraction of sp³-hybridized carbons (Fsp3) is 0.720. The molecule has 4 heteroatoms. The lowest BCUT2D eigenvalue weighted by molar-refractivity contribution is -0.137. The van der Waals surface area contributed by atoms with E-state index in [1.807, 2.05) is 18.2 Å². The van der Waals surface area contributed by atoms with Crippen LogP contribution in [-0.4, -0.2) is 28.4 Å². The number of aliphatic carboxylic acids is 1. The highest BCUT2D eigenvalue weighted by Crippen LogP contribution is 2.17. The van der Waals surface area contributed by atoms with Crippen LogP contribution in [0.4, 0.5) is 0 Å². The zero-order valence-electron chi connectivity index (χ0n) is 18.4. The molecule has 1 rings (SSSR count). The molecule has 0 aliphatic carbocycles. The Labute approximate surface area is 177 Å². The zero-order chi connectivity index (χ0) is 21.2. The van der Waals surface area contributed by atoms with Gasteiger partial charge in [-0.2, -0.15) is 0 Å². The minimum absolute atomic E-state index is 0.193. The summed E-state index contributed by atoms with van der Waals surface area (Å²) in [4.78, 5) is 10.4. The number of carbonyl (C=O) groups is 1. The maximum absolute atomic E-state index is 10.4. The van der Waals surface area contributed by atoms with E-state index in [1.165, 1.54) is 18.4 Å². The van der Waals surface area contributed by atoms with Crippen molar-refractivity contribution >= 4 is 5.97 Å². The highest BCUT2D eigenvalue weighted by molar-refractivity contribution is 5.66. The minimum Gasteiger partial charge on any atom is -0.481 e. The van der Waals surface area contributed by atoms with Crippen molar-refractivity contribution < 1.29 is 19.7 Å². The fourth-order valence-corrected chi connectivity index (χ4v) is 3.69. The Morgan fingerprint density at radius 3 is 2.14 bits per heavy atom. The Kier molecular flexibility index (Phi) is 15.4. The number of carboxylic acids is 1. The standard InChI is InChI=1S/C25H42O4/c1-2-14-24(29-21-22-15-9-8-10-16-22)19-13-18-23(26)17-11-6-4-3-5-7-12-20-25(27)28/h8-10,15-16,23-24,26H,2-7,11-14,17-21H2,1H3,(H,27,28). The monoisotopic (exact) mass is 406 g/mol. The molecule has 0 radical (unpaired) electrons. The van der Waals surface area contributed by atoms with Crippen LogP contribution in [0.15, 0.2) is 30.3 Å². The maximum Gasteiger partial charge on any atom is 0.303 e. The Bertz CT molecular complexity index is 503. The Morgan fingerprint density at radius 1 is 0.862 bits per heavy atom. The second-order valence-electron chi connectivity index (χ2n) is 8.20. The summed E-state index contributed by atoms with van der Waals surface area (Å²) in [6.07, 6.45) is 13.9. The second kappa shape index (κ2) is 17.5. The molecule has 1 aromatic carbocycles. The predicted octanol–water partition coefficient (Wildman–Crippen LogP) is 6.50. The minimum atomic E-state index is -0.692. The Morgan fingerprint density at radius 2 is 1.48 bits per heavy atom. The van der Waals surface area contributed by atoms with E-state index in [0.717, 1.165) is 70.6 Å². The first-order valence-electron chi connectivity index (χ1n) is 11.7. The molecule has 0 heterocycles. The van der Waals surface area contributed by atoms with Gasteiger partial charge in [0.15, 0.2) is 0 Å². The van der Waals surface area contributed by atoms with Crippen LogP contribution in [0.5, 0.6) is 0 Å². The van der Waals surface area contributed by atoms with E-state index in [0.29, 0.717) is 13.0 Å². The van der Waals surface area contributed by atoms with Crippen LogP contribution < -0.4 is 0 Å². The molecule has 0 spiro atoms. The molecule has 2 atom stereocenters. The van der Waals surface area contributed by atoms with Crippen LogP contribution in [0.2, 0.25) is 0 Å². The molecule has 166 valence electrons. The number of carboxylic acid groups (broad SMARTS) is 1. The van der Waals surface area contributed by atoms with Gasteiger partial charge in [0.1, 0.15) is 0 Å². The number of unbranched alkanes of at least 4 members (excludes halogenated alkanes) is 6. The number of rotatable bonds is 19. The molecule has 0 fully saturated rings. The molecular formula is C25H42O4. The van der Waals surface area contributed by atoms with E-state index in [4.69, 9.17) is 9.84 Å². The number of aliphatic hydroxyl groups is 1. The fourth-order valence-electron chi connectivity index (χ4n) is 3.69. The molecule has 0 aliphatic rings. The maximum atomic E-state index is 10.4. The van der Waals surface area contributed by atoms with Crippen LogP contribution in [0, 0.1) is 0 Å². The van der Waals surface area contributed by atoms with Gasteiger partial charge in [-0.3, -0.25) is 4.79 Å². The van der Waals surface area contributed by atoms with Crippen LogP contribution in [-0.2, 0) is 16.1 Å². The number of benzene rings is 1. The van der Waals surface area contributed by atoms with E-state index in [-0.39, 0.29) is 12.2 Å². The van der Waals surface area contributed by atoms with E-state index < -0.39 is 5.97 Å². The number of aliphatic hydroxyl groups excluding tert-OH is 1. The molecule has 0 bridgehead atoms. The quantitative estimate of drug-likeness (QED) is 0.257. The third-order valence-corrected chi connectivity index (χ3v) is 5.43. The topological polar surface area (TPSA) is 66.8 Å². The molecule has 4 nitrogen and oxygen atoms in total. The van der Waals surface area contributed by atoms with Crippen LogP contribution in [0.25, 0.3) is 0 Å². The summed E-state index contributed by atoms with van der Waals surface area (Å²) >= 11 is 0. The van der Waals surface area contributed by atoms with Crippen molar-refractivity contribution in [3.8, 4) is 0 Å². The van der Waals surface area contributed by atoms with Gasteiger partial charge >= 0.3 is 5.97 Å². The first-order chi connectivity index (χ1) is 14.1. The highest BCUT2D eigenvalue weighted by Gasteiger charge is 2.11. The van der Waals surface area contributed by atoms with Gasteiger partial charge < -0.3 is 14.9 Å². The van der Waals surface area contributed by atoms with Gasteiger partial charge in [0.05, 0.1) is 18.8 Å². The summed E-state index contributed by atoms with van der Waals surface area (Å²) in [7, 11) is 0. The average Bonchev–Trinajstić information content (AvgIpc) is 2.71. The van der Waals surface area contributed by atoms with E-state index in [2.05, 4.69) is 19.1 Å². The van der Waals surface area contributed by atoms with E-state index in [9.17, 15) is 9.90 Å². The van der Waals surface area contributed by atoms with Gasteiger partial charge in [0.25, 0.3) is 0 Å². The molecule has 2 unspecified atom stereocenters. The number of hydrogen-bond acceptors (Lipinski definition) is 3. The molecular weight excluding hydrogens is 364 g/mol. The third kappa shape index (κ3) is 15.2. The Hall–Kier alpha value is -1.39. The molecule has 0 amide bonds. The molecule has 2 N–H and O–H groups in total. The van der Waals surface area contributed by atoms with Gasteiger partial charge in [0.2, 0.25) is 0 Å². The van der Waals surface area contributed by atoms with Crippen molar-refractivity contribution in [1.82, 2.24) is 0 Å². The highest BCUT2D eigenvalue weighted by atomic mass is 16.5. The van der Waals surface area contributed by atoms with Crippen molar-refractivity contribution in [3.63, 3.8) is 0 Å². The molecule has 1 aromatic rings. The third-order valence-electron chi connectivity index (χ3n) is 5.43. The van der Waals surface area contributed by atoms with Gasteiger partial charge in [-0.05, 0) is 44.1 Å². The summed E-state index contributed by atoms with van der Waals surface area (Å²) in [6.45, 7) is 2.87. The van der Waals surface area contributed by atoms with Gasteiger partial charge in [-0.25, -0.2) is 0 Å². The normalized spacial score (nSPS) is 13.3. The molecule has 29 heavy (non-hydrogen) atoms. The van der Waals surface area contributed by atoms with Crippen LogP contribution in [0.1, 0.15) is 102 Å². The van der Waals surface area contributed by atoms with Gasteiger partial charge in [0, 0.05) is 6.42 Å². The summed E-state index contributed by atoms with van der Waals surface area (Å²) < 4.78 is 6.10. The molecule has 0 saturated heterocycles. The van der Waals surface area contributed by atoms with E-state index >= 15 is 0 Å². The van der Waals surface area contributed by atoms with Crippen LogP contribution >= 0.6 is 0 Å². The van der Waals surface area contributed by atoms with Crippen LogP contribution in [0.3, 0.4) is 0 Å². The Balaban J connectivity index is 2.01. The van der Waals surface area contributed by atoms with Crippen molar-refractivity contribution in [2.75, 3.05) is 0 Å². The number of hydrogen-bond donors (Lipinski definition) is 2. The summed E-state index contributed by atoms with van der Waals surface area (Å²) in [5, 5.41) is 18.8. The summed E-state index contributed by atoms with van der Waals surface area (Å²) in [5.41, 5.74) is 1.22. The summed E-state index contributed by atoms with van der Waals surface area (Å²) in [5.74, 6) is -0.692.